The van der Waals surface area contributed by atoms with Crippen molar-refractivity contribution in [2.24, 2.45) is 0 Å². The van der Waals surface area contributed by atoms with Crippen LogP contribution in [0.4, 0.5) is 4.39 Å². The van der Waals surface area contributed by atoms with E-state index in [4.69, 9.17) is 0 Å². The minimum absolute atomic E-state index is 0.326. The molecule has 0 radical (unpaired) electrons. The van der Waals surface area contributed by atoms with Gasteiger partial charge < -0.3 is 5.11 Å². The van der Waals surface area contributed by atoms with Crippen LogP contribution in [-0.2, 0) is 0 Å². The van der Waals surface area contributed by atoms with Crippen molar-refractivity contribution in [1.29, 1.82) is 0 Å². The lowest BCUT2D eigenvalue weighted by atomic mass is 9.98. The summed E-state index contributed by atoms with van der Waals surface area (Å²) in [5.41, 5.74) is 3.17. The monoisotopic (exact) mass is 308 g/mol. The van der Waals surface area contributed by atoms with Crippen molar-refractivity contribution in [2.75, 3.05) is 0 Å². The van der Waals surface area contributed by atoms with Gasteiger partial charge in [-0.3, -0.25) is 0 Å². The van der Waals surface area contributed by atoms with Crippen LogP contribution in [-0.4, -0.2) is 5.11 Å². The molecule has 1 N–H and O–H groups in total. The van der Waals surface area contributed by atoms with Crippen LogP contribution >= 0.6 is 15.9 Å². The first kappa shape index (κ1) is 13.2. The van der Waals surface area contributed by atoms with E-state index >= 15 is 0 Å². The van der Waals surface area contributed by atoms with E-state index in [2.05, 4.69) is 15.9 Å². The highest BCUT2D eigenvalue weighted by Crippen LogP contribution is 2.30. The van der Waals surface area contributed by atoms with Gasteiger partial charge in [0.15, 0.2) is 0 Å². The largest absolute Gasteiger partial charge is 0.384 e. The Bertz CT molecular complexity index is 560. The fraction of sp³-hybridized carbons (Fsp3) is 0.200. The van der Waals surface area contributed by atoms with Crippen molar-refractivity contribution >= 4 is 15.9 Å². The van der Waals surface area contributed by atoms with Gasteiger partial charge in [0.2, 0.25) is 0 Å². The molecule has 94 valence electrons. The number of halogens is 2. The van der Waals surface area contributed by atoms with Crippen LogP contribution in [0.2, 0.25) is 0 Å². The normalized spacial score (nSPS) is 12.5. The molecule has 0 amide bonds. The number of hydrogen-bond acceptors (Lipinski definition) is 1. The molecular formula is C15H14BrFO. The molecule has 1 nitrogen and oxygen atoms in total. The maximum Gasteiger partial charge on any atom is 0.123 e. The molecule has 0 heterocycles. The summed E-state index contributed by atoms with van der Waals surface area (Å²) < 4.78 is 14.2. The van der Waals surface area contributed by atoms with Gasteiger partial charge in [-0.25, -0.2) is 4.39 Å². The molecule has 1 unspecified atom stereocenters. The van der Waals surface area contributed by atoms with Crippen molar-refractivity contribution in [1.82, 2.24) is 0 Å². The second-order valence-electron chi connectivity index (χ2n) is 4.49. The molecule has 0 aliphatic heterocycles. The summed E-state index contributed by atoms with van der Waals surface area (Å²) in [5, 5.41) is 10.3. The summed E-state index contributed by atoms with van der Waals surface area (Å²) in [6, 6.07) is 10.3. The van der Waals surface area contributed by atoms with Crippen molar-refractivity contribution in [2.45, 2.75) is 20.0 Å². The average Bonchev–Trinajstić information content (AvgIpc) is 2.30. The van der Waals surface area contributed by atoms with Crippen LogP contribution in [0.25, 0.3) is 0 Å². The van der Waals surface area contributed by atoms with Crippen LogP contribution in [0.5, 0.6) is 0 Å². The Hall–Kier alpha value is -1.19. The standard InChI is InChI=1S/C15H14BrFO/c1-9-3-4-14(16)13(7-9)15(18)11-5-10(2)6-12(17)8-11/h3-8,15,18H,1-2H3. The minimum atomic E-state index is -0.825. The van der Waals surface area contributed by atoms with Gasteiger partial charge in [0, 0.05) is 4.47 Å². The second kappa shape index (κ2) is 5.21. The fourth-order valence-electron chi connectivity index (χ4n) is 1.97. The van der Waals surface area contributed by atoms with E-state index in [1.54, 1.807) is 6.07 Å². The van der Waals surface area contributed by atoms with Crippen molar-refractivity contribution in [3.63, 3.8) is 0 Å². The molecule has 0 aliphatic rings. The first-order valence-corrected chi connectivity index (χ1v) is 6.48. The van der Waals surface area contributed by atoms with Gasteiger partial charge in [-0.2, -0.15) is 0 Å². The third-order valence-corrected chi connectivity index (χ3v) is 3.55. The number of benzene rings is 2. The highest BCUT2D eigenvalue weighted by atomic mass is 79.9. The van der Waals surface area contributed by atoms with Crippen LogP contribution in [0, 0.1) is 19.7 Å². The highest BCUT2D eigenvalue weighted by molar-refractivity contribution is 9.10. The summed E-state index contributed by atoms with van der Waals surface area (Å²) in [5.74, 6) is -0.326. The summed E-state index contributed by atoms with van der Waals surface area (Å²) in [7, 11) is 0. The fourth-order valence-corrected chi connectivity index (χ4v) is 2.44. The SMILES string of the molecule is Cc1cc(F)cc(C(O)c2cc(C)ccc2Br)c1. The molecule has 1 atom stereocenters. The van der Waals surface area contributed by atoms with Gasteiger partial charge in [-0.05, 0) is 48.7 Å². The number of aliphatic hydroxyl groups excluding tert-OH is 1. The van der Waals surface area contributed by atoms with E-state index in [1.807, 2.05) is 32.0 Å². The number of hydrogen-bond donors (Lipinski definition) is 1. The Morgan fingerprint density at radius 2 is 1.78 bits per heavy atom. The van der Waals surface area contributed by atoms with Crippen LogP contribution in [0.15, 0.2) is 40.9 Å². The van der Waals surface area contributed by atoms with Gasteiger partial charge in [0.25, 0.3) is 0 Å². The maximum atomic E-state index is 13.4. The lowest BCUT2D eigenvalue weighted by molar-refractivity contribution is 0.219. The predicted octanol–water partition coefficient (Wildman–Crippen LogP) is 4.29. The zero-order chi connectivity index (χ0) is 13.3. The zero-order valence-electron chi connectivity index (χ0n) is 10.2. The van der Waals surface area contributed by atoms with Gasteiger partial charge in [0.1, 0.15) is 11.9 Å². The van der Waals surface area contributed by atoms with E-state index in [-0.39, 0.29) is 5.82 Å². The van der Waals surface area contributed by atoms with E-state index in [0.717, 1.165) is 21.2 Å². The number of aryl methyl sites for hydroxylation is 2. The first-order chi connectivity index (χ1) is 8.47. The summed E-state index contributed by atoms with van der Waals surface area (Å²) in [6.45, 7) is 3.77. The molecular weight excluding hydrogens is 295 g/mol. The van der Waals surface area contributed by atoms with Crippen LogP contribution in [0.3, 0.4) is 0 Å². The third kappa shape index (κ3) is 2.79. The average molecular weight is 309 g/mol. The molecule has 0 aromatic heterocycles. The first-order valence-electron chi connectivity index (χ1n) is 5.68. The summed E-state index contributed by atoms with van der Waals surface area (Å²) >= 11 is 3.41. The molecule has 0 spiro atoms. The van der Waals surface area contributed by atoms with E-state index in [1.165, 1.54) is 12.1 Å². The van der Waals surface area contributed by atoms with Crippen molar-refractivity contribution in [3.8, 4) is 0 Å². The Balaban J connectivity index is 2.47. The number of aliphatic hydroxyl groups is 1. The van der Waals surface area contributed by atoms with Crippen molar-refractivity contribution < 1.29 is 9.50 Å². The minimum Gasteiger partial charge on any atom is -0.384 e. The van der Waals surface area contributed by atoms with E-state index in [0.29, 0.717) is 5.56 Å². The molecule has 0 bridgehead atoms. The van der Waals surface area contributed by atoms with Gasteiger partial charge in [0.05, 0.1) is 0 Å². The topological polar surface area (TPSA) is 20.2 Å². The van der Waals surface area contributed by atoms with Crippen LogP contribution in [0.1, 0.15) is 28.4 Å². The summed E-state index contributed by atoms with van der Waals surface area (Å²) in [6.07, 6.45) is -0.825. The molecule has 0 saturated heterocycles. The second-order valence-corrected chi connectivity index (χ2v) is 5.34. The lowest BCUT2D eigenvalue weighted by Crippen LogP contribution is -2.02. The molecule has 2 rings (SSSR count). The Kier molecular flexibility index (Phi) is 3.83. The quantitative estimate of drug-likeness (QED) is 0.877. The van der Waals surface area contributed by atoms with Gasteiger partial charge in [-0.15, -0.1) is 0 Å². The molecule has 0 saturated carbocycles. The Labute approximate surface area is 114 Å². The lowest BCUT2D eigenvalue weighted by Gasteiger charge is -2.15. The number of rotatable bonds is 2. The maximum absolute atomic E-state index is 13.4. The van der Waals surface area contributed by atoms with Gasteiger partial charge >= 0.3 is 0 Å². The van der Waals surface area contributed by atoms with Gasteiger partial charge in [-0.1, -0.05) is 39.7 Å². The zero-order valence-corrected chi connectivity index (χ0v) is 11.8. The molecule has 3 heteroatoms. The molecule has 0 fully saturated rings. The predicted molar refractivity (Wildman–Crippen MR) is 74.1 cm³/mol. The molecule has 2 aromatic carbocycles. The van der Waals surface area contributed by atoms with E-state index < -0.39 is 6.10 Å². The van der Waals surface area contributed by atoms with E-state index in [9.17, 15) is 9.50 Å². The molecule has 0 aliphatic carbocycles. The summed E-state index contributed by atoms with van der Waals surface area (Å²) in [4.78, 5) is 0. The molecule has 2 aromatic rings. The Morgan fingerprint density at radius 3 is 2.44 bits per heavy atom. The highest BCUT2D eigenvalue weighted by Gasteiger charge is 2.15. The Morgan fingerprint density at radius 1 is 1.06 bits per heavy atom. The molecule has 18 heavy (non-hydrogen) atoms. The third-order valence-electron chi connectivity index (χ3n) is 2.83. The smallest absolute Gasteiger partial charge is 0.123 e. The van der Waals surface area contributed by atoms with Crippen LogP contribution < -0.4 is 0 Å². The van der Waals surface area contributed by atoms with Crippen molar-refractivity contribution in [3.05, 3.63) is 68.9 Å².